The monoisotopic (exact) mass is 349 g/mol. The number of aryl methyl sites for hydroxylation is 1. The van der Waals surface area contributed by atoms with Crippen LogP contribution in [0.2, 0.25) is 0 Å². The van der Waals surface area contributed by atoms with Gasteiger partial charge in [0.15, 0.2) is 0 Å². The second-order valence-electron chi connectivity index (χ2n) is 6.17. The highest BCUT2D eigenvalue weighted by molar-refractivity contribution is 7.88. The Morgan fingerprint density at radius 1 is 1.09 bits per heavy atom. The van der Waals surface area contributed by atoms with Gasteiger partial charge in [-0.05, 0) is 37.5 Å². The highest BCUT2D eigenvalue weighted by Crippen LogP contribution is 2.36. The third-order valence-corrected chi connectivity index (χ3v) is 7.29. The van der Waals surface area contributed by atoms with Gasteiger partial charge in [0.1, 0.15) is 0 Å². The number of sulfonamides is 1. The van der Waals surface area contributed by atoms with Gasteiger partial charge < -0.3 is 0 Å². The lowest BCUT2D eigenvalue weighted by Gasteiger charge is -2.28. The van der Waals surface area contributed by atoms with Gasteiger partial charge in [0.2, 0.25) is 10.0 Å². The van der Waals surface area contributed by atoms with E-state index in [9.17, 15) is 8.42 Å². The van der Waals surface area contributed by atoms with Crippen molar-refractivity contribution >= 4 is 21.4 Å². The van der Waals surface area contributed by atoms with Gasteiger partial charge in [-0.1, -0.05) is 43.2 Å². The Labute approximate surface area is 143 Å². The van der Waals surface area contributed by atoms with Crippen molar-refractivity contribution in [1.82, 2.24) is 4.31 Å². The van der Waals surface area contributed by atoms with Crippen molar-refractivity contribution in [2.24, 2.45) is 0 Å². The van der Waals surface area contributed by atoms with Crippen molar-refractivity contribution in [2.75, 3.05) is 6.54 Å². The standard InChI is InChI=1S/C18H23NO2S2/c1-15-11-12-18(22-15)17-10-6-3-7-13-19(17)23(20,21)14-16-8-4-2-5-9-16/h2,4-5,8-9,11-12,17H,3,6-7,10,13-14H2,1H3/t17-/m1/s1. The van der Waals surface area contributed by atoms with Gasteiger partial charge >= 0.3 is 0 Å². The predicted octanol–water partition coefficient (Wildman–Crippen LogP) is 4.50. The second-order valence-corrected chi connectivity index (χ2v) is 9.41. The minimum atomic E-state index is -3.31. The highest BCUT2D eigenvalue weighted by atomic mass is 32.2. The number of thiophene rings is 1. The molecule has 1 aliphatic rings. The summed E-state index contributed by atoms with van der Waals surface area (Å²) in [5, 5.41) is 0. The summed E-state index contributed by atoms with van der Waals surface area (Å²) in [4.78, 5) is 2.42. The molecular formula is C18H23NO2S2. The summed E-state index contributed by atoms with van der Waals surface area (Å²) >= 11 is 1.72. The van der Waals surface area contributed by atoms with Crippen LogP contribution in [0, 0.1) is 6.92 Å². The smallest absolute Gasteiger partial charge is 0.212 e. The average molecular weight is 350 g/mol. The molecule has 1 aromatic heterocycles. The van der Waals surface area contributed by atoms with E-state index in [2.05, 4.69) is 19.1 Å². The Morgan fingerprint density at radius 2 is 1.87 bits per heavy atom. The van der Waals surface area contributed by atoms with E-state index in [-0.39, 0.29) is 11.8 Å². The minimum absolute atomic E-state index is 0.00455. The van der Waals surface area contributed by atoms with Crippen molar-refractivity contribution < 1.29 is 8.42 Å². The van der Waals surface area contributed by atoms with Crippen molar-refractivity contribution in [3.05, 3.63) is 57.8 Å². The largest absolute Gasteiger partial charge is 0.218 e. The van der Waals surface area contributed by atoms with Crippen molar-refractivity contribution in [2.45, 2.75) is 44.4 Å². The molecule has 0 saturated carbocycles. The van der Waals surface area contributed by atoms with Gasteiger partial charge in [-0.2, -0.15) is 4.31 Å². The normalized spacial score (nSPS) is 20.3. The molecule has 1 atom stereocenters. The van der Waals surface area contributed by atoms with Crippen LogP contribution in [0.1, 0.15) is 47.0 Å². The molecule has 124 valence electrons. The van der Waals surface area contributed by atoms with Crippen LogP contribution in [0.5, 0.6) is 0 Å². The van der Waals surface area contributed by atoms with Gasteiger partial charge in [0.25, 0.3) is 0 Å². The fourth-order valence-electron chi connectivity index (χ4n) is 3.20. The third kappa shape index (κ3) is 4.03. The summed E-state index contributed by atoms with van der Waals surface area (Å²) in [6.45, 7) is 2.71. The first-order chi connectivity index (χ1) is 11.1. The Morgan fingerprint density at radius 3 is 2.57 bits per heavy atom. The molecule has 0 bridgehead atoms. The van der Waals surface area contributed by atoms with Crippen LogP contribution in [0.15, 0.2) is 42.5 Å². The number of nitrogens with zero attached hydrogens (tertiary/aromatic N) is 1. The topological polar surface area (TPSA) is 37.4 Å². The molecule has 0 radical (unpaired) electrons. The molecule has 0 amide bonds. The molecule has 0 aliphatic carbocycles. The van der Waals surface area contributed by atoms with Crippen LogP contribution in [0.3, 0.4) is 0 Å². The molecule has 3 rings (SSSR count). The SMILES string of the molecule is Cc1ccc([C@H]2CCCCCN2S(=O)(=O)Cc2ccccc2)s1. The maximum Gasteiger partial charge on any atom is 0.218 e. The predicted molar refractivity (Wildman–Crippen MR) is 96.0 cm³/mol. The Balaban J connectivity index is 1.89. The summed E-state index contributed by atoms with van der Waals surface area (Å²) < 4.78 is 27.8. The second kappa shape index (κ2) is 7.16. The zero-order valence-corrected chi connectivity index (χ0v) is 15.1. The maximum absolute atomic E-state index is 13.0. The zero-order chi connectivity index (χ0) is 16.3. The van der Waals surface area contributed by atoms with E-state index < -0.39 is 10.0 Å². The minimum Gasteiger partial charge on any atom is -0.212 e. The van der Waals surface area contributed by atoms with Crippen LogP contribution in [-0.4, -0.2) is 19.3 Å². The summed E-state index contributed by atoms with van der Waals surface area (Å²) in [6, 6.07) is 13.7. The molecule has 0 N–H and O–H groups in total. The molecular weight excluding hydrogens is 326 g/mol. The lowest BCUT2D eigenvalue weighted by molar-refractivity contribution is 0.332. The van der Waals surface area contributed by atoms with Crippen LogP contribution in [0.4, 0.5) is 0 Å². The van der Waals surface area contributed by atoms with E-state index in [4.69, 9.17) is 0 Å². The molecule has 3 nitrogen and oxygen atoms in total. The Bertz CT molecular complexity index is 737. The number of benzene rings is 1. The number of rotatable bonds is 4. The first kappa shape index (κ1) is 16.7. The van der Waals surface area contributed by atoms with Gasteiger partial charge in [0, 0.05) is 16.3 Å². The lowest BCUT2D eigenvalue weighted by Crippen LogP contribution is -2.35. The molecule has 0 spiro atoms. The van der Waals surface area contributed by atoms with Crippen LogP contribution < -0.4 is 0 Å². The number of hydrogen-bond donors (Lipinski definition) is 0. The summed E-state index contributed by atoms with van der Waals surface area (Å²) in [5.41, 5.74) is 0.859. The van der Waals surface area contributed by atoms with E-state index in [1.165, 1.54) is 9.75 Å². The maximum atomic E-state index is 13.0. The number of hydrogen-bond acceptors (Lipinski definition) is 3. The molecule has 1 saturated heterocycles. The van der Waals surface area contributed by atoms with Gasteiger partial charge in [-0.15, -0.1) is 11.3 Å². The van der Waals surface area contributed by atoms with Crippen LogP contribution >= 0.6 is 11.3 Å². The van der Waals surface area contributed by atoms with E-state index in [1.54, 1.807) is 15.6 Å². The quantitative estimate of drug-likeness (QED) is 0.815. The fourth-order valence-corrected chi connectivity index (χ4v) is 6.08. The Kier molecular flexibility index (Phi) is 5.19. The van der Waals surface area contributed by atoms with Crippen molar-refractivity contribution in [1.29, 1.82) is 0 Å². The Hall–Kier alpha value is -1.17. The molecule has 1 aliphatic heterocycles. The molecule has 1 fully saturated rings. The van der Waals surface area contributed by atoms with Gasteiger partial charge in [-0.25, -0.2) is 8.42 Å². The van der Waals surface area contributed by atoms with Crippen molar-refractivity contribution in [3.63, 3.8) is 0 Å². The van der Waals surface area contributed by atoms with Gasteiger partial charge in [0.05, 0.1) is 11.8 Å². The van der Waals surface area contributed by atoms with E-state index in [0.29, 0.717) is 6.54 Å². The summed E-state index contributed by atoms with van der Waals surface area (Å²) in [5.74, 6) is 0.0920. The molecule has 2 heterocycles. The molecule has 2 aromatic rings. The highest BCUT2D eigenvalue weighted by Gasteiger charge is 2.32. The zero-order valence-electron chi connectivity index (χ0n) is 13.4. The van der Waals surface area contributed by atoms with Crippen LogP contribution in [0.25, 0.3) is 0 Å². The van der Waals surface area contributed by atoms with E-state index >= 15 is 0 Å². The van der Waals surface area contributed by atoms with E-state index in [0.717, 1.165) is 31.2 Å². The summed E-state index contributed by atoms with van der Waals surface area (Å²) in [7, 11) is -3.31. The molecule has 23 heavy (non-hydrogen) atoms. The van der Waals surface area contributed by atoms with Gasteiger partial charge in [-0.3, -0.25) is 0 Å². The summed E-state index contributed by atoms with van der Waals surface area (Å²) in [6.07, 6.45) is 4.08. The average Bonchev–Trinajstić information content (AvgIpc) is 2.81. The fraction of sp³-hybridized carbons (Fsp3) is 0.444. The first-order valence-electron chi connectivity index (χ1n) is 8.16. The van der Waals surface area contributed by atoms with Crippen LogP contribution in [-0.2, 0) is 15.8 Å². The van der Waals surface area contributed by atoms with E-state index in [1.807, 2.05) is 30.3 Å². The molecule has 0 unspecified atom stereocenters. The van der Waals surface area contributed by atoms with Crippen molar-refractivity contribution in [3.8, 4) is 0 Å². The third-order valence-electron chi connectivity index (χ3n) is 4.34. The molecule has 1 aromatic carbocycles. The molecule has 5 heteroatoms. The first-order valence-corrected chi connectivity index (χ1v) is 10.6. The lowest BCUT2D eigenvalue weighted by atomic mass is 10.1.